The summed E-state index contributed by atoms with van der Waals surface area (Å²) >= 11 is 0. The van der Waals surface area contributed by atoms with Gasteiger partial charge < -0.3 is 9.97 Å². The number of nitrogens with zero attached hydrogens (tertiary/aromatic N) is 1. The number of fused-ring (bicyclic) bond motifs is 2. The molecule has 1 atom stereocenters. The normalized spacial score (nSPS) is 15.4. The molecular formula is C27H27FN4O2. The van der Waals surface area contributed by atoms with Gasteiger partial charge in [0, 0.05) is 54.2 Å². The summed E-state index contributed by atoms with van der Waals surface area (Å²) < 4.78 is 13.6. The lowest BCUT2D eigenvalue weighted by atomic mass is 10.0. The molecule has 1 amide bonds. The monoisotopic (exact) mass is 458 g/mol. The quantitative estimate of drug-likeness (QED) is 0.172. The van der Waals surface area contributed by atoms with Crippen LogP contribution in [0.5, 0.6) is 0 Å². The molecule has 4 aromatic rings. The van der Waals surface area contributed by atoms with Crippen LogP contribution in [0.25, 0.3) is 17.0 Å². The minimum absolute atomic E-state index is 0.233. The molecule has 2 aromatic carbocycles. The molecule has 0 bridgehead atoms. The number of aromatic nitrogens is 2. The highest BCUT2D eigenvalue weighted by molar-refractivity contribution is 5.90. The van der Waals surface area contributed by atoms with Gasteiger partial charge in [-0.2, -0.15) is 0 Å². The van der Waals surface area contributed by atoms with Crippen LogP contribution >= 0.6 is 0 Å². The van der Waals surface area contributed by atoms with Crippen LogP contribution in [-0.4, -0.2) is 32.5 Å². The van der Waals surface area contributed by atoms with Gasteiger partial charge in [0.2, 0.25) is 0 Å². The minimum atomic E-state index is -0.546. The van der Waals surface area contributed by atoms with E-state index < -0.39 is 5.91 Å². The molecular weight excluding hydrogens is 431 g/mol. The van der Waals surface area contributed by atoms with Crippen molar-refractivity contribution in [2.45, 2.75) is 31.8 Å². The zero-order valence-electron chi connectivity index (χ0n) is 18.7. The standard InChI is InChI=1S/C27H27FN4O2/c28-21-6-8-23-20(16-30-25(23)15-21)11-13-32(17-22-2-1-12-29-22)26-9-5-19-14-18(3-7-24(19)26)4-10-27(33)31-34/h1-4,6-8,10,12,14-16,26,29-30,34H,5,9,11,13,17H2,(H,31,33)/b10-4+. The molecule has 0 aliphatic heterocycles. The Morgan fingerprint density at radius 3 is 2.94 bits per heavy atom. The second kappa shape index (κ2) is 9.67. The number of aromatic amines is 2. The van der Waals surface area contributed by atoms with Gasteiger partial charge in [-0.1, -0.05) is 18.2 Å². The van der Waals surface area contributed by atoms with E-state index in [0.29, 0.717) is 6.04 Å². The van der Waals surface area contributed by atoms with Crippen molar-refractivity contribution in [1.29, 1.82) is 0 Å². The molecule has 4 N–H and O–H groups in total. The summed E-state index contributed by atoms with van der Waals surface area (Å²) in [5, 5.41) is 9.75. The van der Waals surface area contributed by atoms with E-state index in [-0.39, 0.29) is 5.82 Å². The maximum absolute atomic E-state index is 13.6. The number of rotatable bonds is 8. The Balaban J connectivity index is 1.37. The molecule has 34 heavy (non-hydrogen) atoms. The van der Waals surface area contributed by atoms with E-state index in [0.717, 1.165) is 48.8 Å². The van der Waals surface area contributed by atoms with Crippen LogP contribution in [0.4, 0.5) is 4.39 Å². The number of amides is 1. The molecule has 6 nitrogen and oxygen atoms in total. The second-order valence-corrected chi connectivity index (χ2v) is 8.74. The van der Waals surface area contributed by atoms with E-state index in [1.807, 2.05) is 30.6 Å². The lowest BCUT2D eigenvalue weighted by Crippen LogP contribution is -2.29. The van der Waals surface area contributed by atoms with Crippen LogP contribution in [0.3, 0.4) is 0 Å². The van der Waals surface area contributed by atoms with Gasteiger partial charge in [0.25, 0.3) is 5.91 Å². The third kappa shape index (κ3) is 4.66. The maximum Gasteiger partial charge on any atom is 0.267 e. The van der Waals surface area contributed by atoms with Gasteiger partial charge in [-0.15, -0.1) is 0 Å². The van der Waals surface area contributed by atoms with Crippen LogP contribution < -0.4 is 5.48 Å². The zero-order valence-corrected chi connectivity index (χ0v) is 18.7. The third-order valence-electron chi connectivity index (χ3n) is 6.62. The largest absolute Gasteiger partial charge is 0.364 e. The number of hydrogen-bond acceptors (Lipinski definition) is 3. The molecule has 1 aliphatic rings. The van der Waals surface area contributed by atoms with Crippen molar-refractivity contribution in [3.8, 4) is 0 Å². The third-order valence-corrected chi connectivity index (χ3v) is 6.62. The molecule has 2 aromatic heterocycles. The Bertz CT molecular complexity index is 1330. The van der Waals surface area contributed by atoms with E-state index in [1.165, 1.54) is 34.5 Å². The fraction of sp³-hybridized carbons (Fsp3) is 0.222. The Kier molecular flexibility index (Phi) is 6.29. The smallest absolute Gasteiger partial charge is 0.267 e. The number of benzene rings is 2. The highest BCUT2D eigenvalue weighted by Gasteiger charge is 2.28. The first-order valence-electron chi connectivity index (χ1n) is 11.5. The van der Waals surface area contributed by atoms with E-state index in [2.05, 4.69) is 33.1 Å². The Labute approximate surface area is 197 Å². The molecule has 0 fully saturated rings. The molecule has 0 spiro atoms. The summed E-state index contributed by atoms with van der Waals surface area (Å²) in [7, 11) is 0. The summed E-state index contributed by atoms with van der Waals surface area (Å²) in [4.78, 5) is 20.3. The van der Waals surface area contributed by atoms with Crippen molar-refractivity contribution in [3.63, 3.8) is 0 Å². The minimum Gasteiger partial charge on any atom is -0.364 e. The Morgan fingerprint density at radius 2 is 2.12 bits per heavy atom. The summed E-state index contributed by atoms with van der Waals surface area (Å²) in [5.74, 6) is -0.779. The Morgan fingerprint density at radius 1 is 1.21 bits per heavy atom. The van der Waals surface area contributed by atoms with Crippen LogP contribution in [0, 0.1) is 5.82 Å². The van der Waals surface area contributed by atoms with Crippen molar-refractivity contribution < 1.29 is 14.4 Å². The number of carbonyl (C=O) groups excluding carboxylic acids is 1. The summed E-state index contributed by atoms with van der Waals surface area (Å²) in [6.45, 7) is 1.68. The highest BCUT2D eigenvalue weighted by atomic mass is 19.1. The first-order chi connectivity index (χ1) is 16.6. The van der Waals surface area contributed by atoms with Crippen LogP contribution in [-0.2, 0) is 24.2 Å². The molecule has 7 heteroatoms. The van der Waals surface area contributed by atoms with E-state index >= 15 is 0 Å². The molecule has 1 unspecified atom stereocenters. The molecule has 2 heterocycles. The number of halogens is 1. The number of H-pyrrole nitrogens is 2. The molecule has 174 valence electrons. The molecule has 1 aliphatic carbocycles. The SMILES string of the molecule is O=C(/C=C/c1ccc2c(c1)CCC2N(CCc1c[nH]c2cc(F)ccc12)Cc1ccc[nH]1)NO. The van der Waals surface area contributed by atoms with Crippen LogP contribution in [0.15, 0.2) is 67.0 Å². The van der Waals surface area contributed by atoms with Gasteiger partial charge in [-0.05, 0) is 77.9 Å². The lowest BCUT2D eigenvalue weighted by molar-refractivity contribution is -0.124. The number of hydroxylamine groups is 1. The number of aryl methyl sites for hydroxylation is 1. The first kappa shape index (κ1) is 22.1. The predicted octanol–water partition coefficient (Wildman–Crippen LogP) is 4.89. The Hall–Kier alpha value is -3.68. The topological polar surface area (TPSA) is 84.2 Å². The average Bonchev–Trinajstić information content (AvgIpc) is 3.59. The summed E-state index contributed by atoms with van der Waals surface area (Å²) in [5.41, 5.74) is 8.34. The van der Waals surface area contributed by atoms with Gasteiger partial charge in [0.15, 0.2) is 0 Å². The van der Waals surface area contributed by atoms with Gasteiger partial charge in [-0.25, -0.2) is 9.87 Å². The average molecular weight is 459 g/mol. The molecule has 0 saturated carbocycles. The van der Waals surface area contributed by atoms with Gasteiger partial charge in [0.1, 0.15) is 5.82 Å². The lowest BCUT2D eigenvalue weighted by Gasteiger charge is -2.29. The molecule has 5 rings (SSSR count). The van der Waals surface area contributed by atoms with Gasteiger partial charge in [-0.3, -0.25) is 14.9 Å². The first-order valence-corrected chi connectivity index (χ1v) is 11.5. The summed E-state index contributed by atoms with van der Waals surface area (Å²) in [6, 6.07) is 15.6. The van der Waals surface area contributed by atoms with Crippen molar-refractivity contribution in [2.75, 3.05) is 6.54 Å². The van der Waals surface area contributed by atoms with Crippen LogP contribution in [0.1, 0.15) is 40.4 Å². The number of carbonyl (C=O) groups is 1. The fourth-order valence-electron chi connectivity index (χ4n) is 4.97. The maximum atomic E-state index is 13.6. The van der Waals surface area contributed by atoms with E-state index in [1.54, 1.807) is 17.6 Å². The second-order valence-electron chi connectivity index (χ2n) is 8.74. The van der Waals surface area contributed by atoms with Crippen molar-refractivity contribution >= 4 is 22.9 Å². The summed E-state index contributed by atoms with van der Waals surface area (Å²) in [6.07, 6.45) is 9.82. The van der Waals surface area contributed by atoms with Gasteiger partial charge in [0.05, 0.1) is 0 Å². The fourth-order valence-corrected chi connectivity index (χ4v) is 4.97. The number of hydrogen-bond donors (Lipinski definition) is 4. The van der Waals surface area contributed by atoms with E-state index in [9.17, 15) is 9.18 Å². The molecule has 0 radical (unpaired) electrons. The van der Waals surface area contributed by atoms with Crippen molar-refractivity contribution in [1.82, 2.24) is 20.3 Å². The van der Waals surface area contributed by atoms with E-state index in [4.69, 9.17) is 5.21 Å². The van der Waals surface area contributed by atoms with Gasteiger partial charge >= 0.3 is 0 Å². The molecule has 0 saturated heterocycles. The van der Waals surface area contributed by atoms with Crippen molar-refractivity contribution in [3.05, 3.63) is 101 Å². The number of nitrogens with one attached hydrogen (secondary N) is 3. The van der Waals surface area contributed by atoms with Crippen LogP contribution in [0.2, 0.25) is 0 Å². The highest BCUT2D eigenvalue weighted by Crippen LogP contribution is 2.37. The zero-order chi connectivity index (χ0) is 23.5. The van der Waals surface area contributed by atoms with Crippen molar-refractivity contribution in [2.24, 2.45) is 0 Å². The predicted molar refractivity (Wildman–Crippen MR) is 130 cm³/mol.